The van der Waals surface area contributed by atoms with Crippen molar-refractivity contribution in [2.24, 2.45) is 0 Å². The number of amides is 1. The zero-order valence-electron chi connectivity index (χ0n) is 14.3. The molecule has 2 rings (SSSR count). The Bertz CT molecular complexity index is 805. The van der Waals surface area contributed by atoms with Crippen molar-refractivity contribution in [1.82, 2.24) is 5.32 Å². The Morgan fingerprint density at radius 3 is 2.50 bits per heavy atom. The van der Waals surface area contributed by atoms with E-state index in [4.69, 9.17) is 14.2 Å². The Morgan fingerprint density at radius 2 is 1.85 bits per heavy atom. The summed E-state index contributed by atoms with van der Waals surface area (Å²) >= 11 is 3.36. The number of carbonyl (C=O) groups excluding carboxylic acids is 2. The van der Waals surface area contributed by atoms with Gasteiger partial charge in [-0.25, -0.2) is 9.59 Å². The van der Waals surface area contributed by atoms with Gasteiger partial charge in [0, 0.05) is 10.0 Å². The molecule has 0 spiro atoms. The summed E-state index contributed by atoms with van der Waals surface area (Å²) in [7, 11) is 2.74. The van der Waals surface area contributed by atoms with E-state index in [1.54, 1.807) is 18.2 Å². The predicted molar refractivity (Wildman–Crippen MR) is 100 cm³/mol. The number of nitrogens with one attached hydrogen (secondary N) is 1. The number of rotatable bonds is 6. The van der Waals surface area contributed by atoms with Crippen LogP contribution in [0.25, 0.3) is 6.08 Å². The van der Waals surface area contributed by atoms with E-state index in [-0.39, 0.29) is 12.3 Å². The molecule has 0 unspecified atom stereocenters. The molecule has 0 aliphatic carbocycles. The average Bonchev–Trinajstić information content (AvgIpc) is 2.66. The molecule has 0 bridgehead atoms. The number of esters is 1. The second kappa shape index (κ2) is 9.62. The molecule has 0 aromatic heterocycles. The van der Waals surface area contributed by atoms with Gasteiger partial charge in [0.05, 0.1) is 14.2 Å². The summed E-state index contributed by atoms with van der Waals surface area (Å²) < 4.78 is 15.9. The fraction of sp³-hybridized carbons (Fsp3) is 0.158. The molecule has 0 heterocycles. The van der Waals surface area contributed by atoms with Gasteiger partial charge in [0.25, 0.3) is 0 Å². The predicted octanol–water partition coefficient (Wildman–Crippen LogP) is 3.90. The highest BCUT2D eigenvalue weighted by molar-refractivity contribution is 9.10. The van der Waals surface area contributed by atoms with Crippen LogP contribution in [0.15, 0.2) is 58.7 Å². The molecule has 2 aromatic rings. The van der Waals surface area contributed by atoms with Gasteiger partial charge in [0.15, 0.2) is 0 Å². The van der Waals surface area contributed by atoms with Gasteiger partial charge in [-0.3, -0.25) is 5.32 Å². The number of benzene rings is 2. The molecule has 26 heavy (non-hydrogen) atoms. The normalized spacial score (nSPS) is 10.8. The molecule has 0 saturated carbocycles. The van der Waals surface area contributed by atoms with Gasteiger partial charge in [-0.1, -0.05) is 46.3 Å². The minimum absolute atomic E-state index is 0.0676. The summed E-state index contributed by atoms with van der Waals surface area (Å²) in [6, 6.07) is 14.5. The van der Waals surface area contributed by atoms with Crippen molar-refractivity contribution in [3.05, 3.63) is 69.8 Å². The number of hydrogen-bond acceptors (Lipinski definition) is 5. The molecule has 1 N–H and O–H groups in total. The van der Waals surface area contributed by atoms with Crippen molar-refractivity contribution in [2.45, 2.75) is 6.61 Å². The van der Waals surface area contributed by atoms with Gasteiger partial charge in [-0.15, -0.1) is 0 Å². The first-order valence-electron chi connectivity index (χ1n) is 7.64. The Kier molecular flexibility index (Phi) is 7.23. The summed E-state index contributed by atoms with van der Waals surface area (Å²) in [6.07, 6.45) is 0.693. The van der Waals surface area contributed by atoms with Crippen LogP contribution in [0, 0.1) is 0 Å². The fourth-order valence-corrected chi connectivity index (χ4v) is 2.48. The molecule has 0 saturated heterocycles. The van der Waals surface area contributed by atoms with Gasteiger partial charge in [-0.05, 0) is 29.8 Å². The van der Waals surface area contributed by atoms with Crippen LogP contribution < -0.4 is 10.1 Å². The van der Waals surface area contributed by atoms with Crippen LogP contribution in [0.1, 0.15) is 11.1 Å². The molecule has 7 heteroatoms. The van der Waals surface area contributed by atoms with Crippen LogP contribution in [-0.4, -0.2) is 26.3 Å². The average molecular weight is 420 g/mol. The van der Waals surface area contributed by atoms with E-state index >= 15 is 0 Å². The number of alkyl carbamates (subject to hydrolysis) is 1. The number of ether oxygens (including phenoxy) is 3. The Labute approximate surface area is 159 Å². The summed E-state index contributed by atoms with van der Waals surface area (Å²) in [5.41, 5.74) is 1.35. The molecular formula is C19H18BrNO5. The van der Waals surface area contributed by atoms with E-state index in [1.807, 2.05) is 30.3 Å². The maximum atomic E-state index is 12.0. The first-order chi connectivity index (χ1) is 12.5. The van der Waals surface area contributed by atoms with Gasteiger partial charge in [0.1, 0.15) is 18.1 Å². The third-order valence-corrected chi connectivity index (χ3v) is 3.84. The van der Waals surface area contributed by atoms with E-state index in [0.717, 1.165) is 10.0 Å². The van der Waals surface area contributed by atoms with Gasteiger partial charge < -0.3 is 14.2 Å². The largest absolute Gasteiger partial charge is 0.496 e. The zero-order valence-corrected chi connectivity index (χ0v) is 15.9. The zero-order chi connectivity index (χ0) is 18.9. The number of hydrogen-bond donors (Lipinski definition) is 1. The van der Waals surface area contributed by atoms with Gasteiger partial charge >= 0.3 is 12.1 Å². The van der Waals surface area contributed by atoms with Crippen molar-refractivity contribution in [2.75, 3.05) is 14.2 Å². The molecule has 6 nitrogen and oxygen atoms in total. The molecule has 1 amide bonds. The molecule has 0 fully saturated rings. The van der Waals surface area contributed by atoms with E-state index < -0.39 is 12.1 Å². The SMILES string of the molecule is COC(=O)C(=Cc1cc(Br)ccc1OC)NC(=O)OCc1ccccc1. The quantitative estimate of drug-likeness (QED) is 0.567. The van der Waals surface area contributed by atoms with E-state index in [9.17, 15) is 9.59 Å². The van der Waals surface area contributed by atoms with Crippen LogP contribution >= 0.6 is 15.9 Å². The molecule has 0 aliphatic heterocycles. The van der Waals surface area contributed by atoms with Crippen LogP contribution in [0.4, 0.5) is 4.79 Å². The Morgan fingerprint density at radius 1 is 1.12 bits per heavy atom. The molecule has 2 aromatic carbocycles. The van der Waals surface area contributed by atoms with Crippen LogP contribution in [0.2, 0.25) is 0 Å². The minimum atomic E-state index is -0.764. The maximum Gasteiger partial charge on any atom is 0.412 e. The lowest BCUT2D eigenvalue weighted by molar-refractivity contribution is -0.136. The summed E-state index contributed by atoms with van der Waals surface area (Å²) in [6.45, 7) is 0.0847. The highest BCUT2D eigenvalue weighted by Gasteiger charge is 2.16. The number of methoxy groups -OCH3 is 2. The van der Waals surface area contributed by atoms with Gasteiger partial charge in [0.2, 0.25) is 0 Å². The molecule has 0 aliphatic rings. The first-order valence-corrected chi connectivity index (χ1v) is 8.44. The lowest BCUT2D eigenvalue weighted by Crippen LogP contribution is -2.28. The van der Waals surface area contributed by atoms with Crippen LogP contribution in [-0.2, 0) is 20.9 Å². The lowest BCUT2D eigenvalue weighted by Gasteiger charge is -2.11. The molecule has 0 radical (unpaired) electrons. The first kappa shape index (κ1) is 19.5. The molecule has 0 atom stereocenters. The fourth-order valence-electron chi connectivity index (χ4n) is 2.10. The van der Waals surface area contributed by atoms with Crippen LogP contribution in [0.3, 0.4) is 0 Å². The van der Waals surface area contributed by atoms with E-state index in [2.05, 4.69) is 21.2 Å². The monoisotopic (exact) mass is 419 g/mol. The third-order valence-electron chi connectivity index (χ3n) is 3.35. The van der Waals surface area contributed by atoms with Crippen molar-refractivity contribution in [1.29, 1.82) is 0 Å². The highest BCUT2D eigenvalue weighted by atomic mass is 79.9. The smallest absolute Gasteiger partial charge is 0.412 e. The van der Waals surface area contributed by atoms with Crippen LogP contribution in [0.5, 0.6) is 5.75 Å². The van der Waals surface area contributed by atoms with Crippen molar-refractivity contribution in [3.63, 3.8) is 0 Å². The number of halogens is 1. The highest BCUT2D eigenvalue weighted by Crippen LogP contribution is 2.25. The Balaban J connectivity index is 2.16. The standard InChI is InChI=1S/C19H18BrNO5/c1-24-17-9-8-15(20)10-14(17)11-16(18(22)25-2)21-19(23)26-12-13-6-4-3-5-7-13/h3-11H,12H2,1-2H3,(H,21,23). The summed E-state index contributed by atoms with van der Waals surface area (Å²) in [4.78, 5) is 24.0. The second-order valence-corrected chi connectivity index (χ2v) is 6.04. The van der Waals surface area contributed by atoms with Gasteiger partial charge in [-0.2, -0.15) is 0 Å². The maximum absolute atomic E-state index is 12.0. The van der Waals surface area contributed by atoms with E-state index in [1.165, 1.54) is 20.3 Å². The van der Waals surface area contributed by atoms with Crippen molar-refractivity contribution in [3.8, 4) is 5.75 Å². The topological polar surface area (TPSA) is 73.9 Å². The number of carbonyl (C=O) groups is 2. The van der Waals surface area contributed by atoms with Crippen molar-refractivity contribution < 1.29 is 23.8 Å². The summed E-state index contributed by atoms with van der Waals surface area (Å²) in [5.74, 6) is -0.169. The van der Waals surface area contributed by atoms with Crippen molar-refractivity contribution >= 4 is 34.1 Å². The summed E-state index contributed by atoms with van der Waals surface area (Å²) in [5, 5.41) is 2.41. The van der Waals surface area contributed by atoms with E-state index in [0.29, 0.717) is 11.3 Å². The minimum Gasteiger partial charge on any atom is -0.496 e. The third kappa shape index (κ3) is 5.63. The second-order valence-electron chi connectivity index (χ2n) is 5.12. The lowest BCUT2D eigenvalue weighted by atomic mass is 10.1. The molecular weight excluding hydrogens is 402 g/mol. The molecule has 136 valence electrons. The Hall–Kier alpha value is -2.80.